The number of carbonyl (C=O) groups excluding carboxylic acids is 2. The van der Waals surface area contributed by atoms with E-state index in [-0.39, 0.29) is 5.91 Å². The van der Waals surface area contributed by atoms with Crippen LogP contribution in [0.2, 0.25) is 0 Å². The topological polar surface area (TPSA) is 61.8 Å². The highest BCUT2D eigenvalue weighted by Crippen LogP contribution is 2.21. The van der Waals surface area contributed by atoms with Crippen LogP contribution in [-0.4, -0.2) is 35.5 Å². The minimum Gasteiger partial charge on any atom is -0.339 e. The number of amides is 2. The summed E-state index contributed by atoms with van der Waals surface area (Å²) in [7, 11) is 0. The zero-order valence-electron chi connectivity index (χ0n) is 14.3. The number of rotatable bonds is 7. The van der Waals surface area contributed by atoms with E-state index < -0.39 is 11.4 Å². The molecule has 132 valence electrons. The lowest BCUT2D eigenvalue weighted by Crippen LogP contribution is -2.43. The minimum absolute atomic E-state index is 0.171. The van der Waals surface area contributed by atoms with E-state index in [1.807, 2.05) is 37.3 Å². The Morgan fingerprint density at radius 3 is 2.76 bits per heavy atom. The average molecular weight is 357 g/mol. The highest BCUT2D eigenvalue weighted by molar-refractivity contribution is 7.80. The molecule has 0 bridgehead atoms. The average Bonchev–Trinajstić information content (AvgIpc) is 3.11. The van der Waals surface area contributed by atoms with Crippen molar-refractivity contribution in [2.45, 2.75) is 31.2 Å². The lowest BCUT2D eigenvalue weighted by Gasteiger charge is -2.22. The number of hydrogen-bond acceptors (Lipinski definition) is 4. The van der Waals surface area contributed by atoms with E-state index in [1.165, 1.54) is 4.90 Å². The van der Waals surface area contributed by atoms with Gasteiger partial charge in [-0.05, 0) is 31.4 Å². The maximum atomic E-state index is 12.3. The van der Waals surface area contributed by atoms with Gasteiger partial charge < -0.3 is 10.2 Å². The molecule has 5 nitrogen and oxygen atoms in total. The molecule has 6 heteroatoms. The molecule has 2 rings (SSSR count). The number of nitrogens with zero attached hydrogens (tertiary/aromatic N) is 2. The lowest BCUT2D eigenvalue weighted by atomic mass is 10.1. The standard InChI is InChI=1S/C19H23N3O2S/c1-3-11-20-16(4-2)14-7-9-15(10-8-14)19(25)21-18(24)17-6-5-12-22(17)13-23/h3-4,7-11,13,17,19,25H,2,5-6,12H2,1H3,(H,21,24)/b11-3-,20-16+/t17-,19?/m0/s1. The summed E-state index contributed by atoms with van der Waals surface area (Å²) in [5, 5.41) is 2.43. The summed E-state index contributed by atoms with van der Waals surface area (Å²) < 4.78 is 0. The molecule has 2 atom stereocenters. The number of hydrogen-bond donors (Lipinski definition) is 2. The Balaban J connectivity index is 2.05. The van der Waals surface area contributed by atoms with Crippen LogP contribution in [0.4, 0.5) is 0 Å². The van der Waals surface area contributed by atoms with Gasteiger partial charge in [-0.25, -0.2) is 0 Å². The quantitative estimate of drug-likeness (QED) is 0.341. The van der Waals surface area contributed by atoms with Crippen LogP contribution in [-0.2, 0) is 9.59 Å². The van der Waals surface area contributed by atoms with Gasteiger partial charge in [0.05, 0.1) is 11.1 Å². The van der Waals surface area contributed by atoms with Crippen LogP contribution in [0.1, 0.15) is 36.3 Å². The van der Waals surface area contributed by atoms with Crippen molar-refractivity contribution in [2.24, 2.45) is 4.99 Å². The van der Waals surface area contributed by atoms with Crippen LogP contribution in [0.15, 0.2) is 54.2 Å². The number of benzene rings is 1. The van der Waals surface area contributed by atoms with Crippen molar-refractivity contribution in [2.75, 3.05) is 6.54 Å². The fourth-order valence-electron chi connectivity index (χ4n) is 2.75. The van der Waals surface area contributed by atoms with Crippen LogP contribution in [0.3, 0.4) is 0 Å². The van der Waals surface area contributed by atoms with Crippen LogP contribution in [0.5, 0.6) is 0 Å². The molecule has 0 aliphatic carbocycles. The van der Waals surface area contributed by atoms with Gasteiger partial charge in [0.1, 0.15) is 6.04 Å². The summed E-state index contributed by atoms with van der Waals surface area (Å²) in [6, 6.07) is 7.23. The van der Waals surface area contributed by atoms with Crippen molar-refractivity contribution in [3.63, 3.8) is 0 Å². The van der Waals surface area contributed by atoms with Crippen molar-refractivity contribution < 1.29 is 9.59 Å². The van der Waals surface area contributed by atoms with Crippen molar-refractivity contribution in [3.05, 3.63) is 60.3 Å². The third-order valence-electron chi connectivity index (χ3n) is 4.09. The second-order valence-corrected chi connectivity index (χ2v) is 6.25. The van der Waals surface area contributed by atoms with Crippen molar-refractivity contribution in [1.82, 2.24) is 10.2 Å². The molecule has 0 radical (unpaired) electrons. The first kappa shape index (κ1) is 19.0. The van der Waals surface area contributed by atoms with Crippen molar-refractivity contribution >= 4 is 30.7 Å². The molecule has 1 aliphatic heterocycles. The van der Waals surface area contributed by atoms with Crippen LogP contribution >= 0.6 is 12.6 Å². The first-order valence-corrected chi connectivity index (χ1v) is 8.73. The van der Waals surface area contributed by atoms with Gasteiger partial charge in [0.15, 0.2) is 0 Å². The summed E-state index contributed by atoms with van der Waals surface area (Å²) in [5.74, 6) is -0.171. The second kappa shape index (κ2) is 9.22. The molecule has 0 spiro atoms. The Kier molecular flexibility index (Phi) is 7.01. The predicted octanol–water partition coefficient (Wildman–Crippen LogP) is 2.86. The highest BCUT2D eigenvalue weighted by Gasteiger charge is 2.30. The molecular weight excluding hydrogens is 334 g/mol. The largest absolute Gasteiger partial charge is 0.339 e. The van der Waals surface area contributed by atoms with Crippen LogP contribution < -0.4 is 5.32 Å². The molecule has 1 unspecified atom stereocenters. The molecule has 1 fully saturated rings. The number of likely N-dealkylation sites (tertiary alicyclic amines) is 1. The molecule has 1 N–H and O–H groups in total. The molecule has 1 heterocycles. The molecule has 2 amide bonds. The zero-order valence-corrected chi connectivity index (χ0v) is 15.2. The monoisotopic (exact) mass is 357 g/mol. The Labute approximate surface area is 153 Å². The van der Waals surface area contributed by atoms with Gasteiger partial charge in [-0.3, -0.25) is 14.6 Å². The van der Waals surface area contributed by atoms with Gasteiger partial charge in [-0.15, -0.1) is 12.6 Å². The maximum absolute atomic E-state index is 12.3. The van der Waals surface area contributed by atoms with Gasteiger partial charge in [-0.2, -0.15) is 0 Å². The van der Waals surface area contributed by atoms with Crippen molar-refractivity contribution in [3.8, 4) is 0 Å². The van der Waals surface area contributed by atoms with Crippen molar-refractivity contribution in [1.29, 1.82) is 0 Å². The Bertz CT molecular complexity index is 682. The van der Waals surface area contributed by atoms with E-state index in [0.29, 0.717) is 13.0 Å². The fourth-order valence-corrected chi connectivity index (χ4v) is 3.05. The molecule has 1 saturated heterocycles. The van der Waals surface area contributed by atoms with E-state index in [1.54, 1.807) is 12.3 Å². The van der Waals surface area contributed by atoms with E-state index in [0.717, 1.165) is 29.7 Å². The molecule has 1 aliphatic rings. The predicted molar refractivity (Wildman–Crippen MR) is 104 cm³/mol. The number of nitrogens with one attached hydrogen (secondary N) is 1. The summed E-state index contributed by atoms with van der Waals surface area (Å²) in [6.45, 7) is 6.31. The minimum atomic E-state index is -0.435. The van der Waals surface area contributed by atoms with E-state index in [4.69, 9.17) is 0 Å². The van der Waals surface area contributed by atoms with E-state index in [9.17, 15) is 9.59 Å². The number of thiol groups is 1. The van der Waals surface area contributed by atoms with E-state index >= 15 is 0 Å². The number of carbonyl (C=O) groups is 2. The molecule has 1 aromatic rings. The molecule has 0 aromatic heterocycles. The Morgan fingerprint density at radius 1 is 1.44 bits per heavy atom. The Hall–Kier alpha value is -2.34. The first-order valence-electron chi connectivity index (χ1n) is 8.22. The normalized spacial score (nSPS) is 19.0. The fraction of sp³-hybridized carbons (Fsp3) is 0.316. The zero-order chi connectivity index (χ0) is 18.2. The summed E-state index contributed by atoms with van der Waals surface area (Å²) in [6.07, 6.45) is 7.53. The molecular formula is C19H23N3O2S. The van der Waals surface area contributed by atoms with Crippen LogP contribution in [0, 0.1) is 0 Å². The van der Waals surface area contributed by atoms with E-state index in [2.05, 4.69) is 29.5 Å². The molecule has 1 aromatic carbocycles. The summed E-state index contributed by atoms with van der Waals surface area (Å²) >= 11 is 4.48. The van der Waals surface area contributed by atoms with Gasteiger partial charge in [0.2, 0.25) is 12.3 Å². The summed E-state index contributed by atoms with van der Waals surface area (Å²) in [4.78, 5) is 29.2. The number of allylic oxidation sites excluding steroid dienone is 2. The maximum Gasteiger partial charge on any atom is 0.243 e. The SMILES string of the molecule is C=C/C(=N\C=C/C)c1ccc(C(S)NC(=O)[C@@H]2CCCN2C=O)cc1. The number of aliphatic imine (C=N–C) groups is 1. The smallest absolute Gasteiger partial charge is 0.243 e. The second-order valence-electron chi connectivity index (χ2n) is 5.74. The summed E-state index contributed by atoms with van der Waals surface area (Å²) in [5.41, 5.74) is 2.58. The van der Waals surface area contributed by atoms with Gasteiger partial charge in [0.25, 0.3) is 0 Å². The first-order chi connectivity index (χ1) is 12.1. The molecule has 0 saturated carbocycles. The third kappa shape index (κ3) is 4.82. The van der Waals surface area contributed by atoms with Gasteiger partial charge in [0, 0.05) is 18.3 Å². The highest BCUT2D eigenvalue weighted by atomic mass is 32.1. The van der Waals surface area contributed by atoms with Crippen LogP contribution in [0.25, 0.3) is 0 Å². The van der Waals surface area contributed by atoms with Gasteiger partial charge >= 0.3 is 0 Å². The third-order valence-corrected chi connectivity index (χ3v) is 4.52. The Morgan fingerprint density at radius 2 is 2.16 bits per heavy atom. The van der Waals surface area contributed by atoms with Gasteiger partial charge in [-0.1, -0.05) is 36.9 Å². The molecule has 25 heavy (non-hydrogen) atoms. The lowest BCUT2D eigenvalue weighted by molar-refractivity contribution is -0.131.